The van der Waals surface area contributed by atoms with E-state index in [4.69, 9.17) is 10.2 Å². The predicted octanol–water partition coefficient (Wildman–Crippen LogP) is 1.86. The van der Waals surface area contributed by atoms with Crippen molar-refractivity contribution < 1.29 is 14.0 Å². The second kappa shape index (κ2) is 8.66. The zero-order valence-electron chi connectivity index (χ0n) is 12.7. The second-order valence-corrected chi connectivity index (χ2v) is 5.91. The summed E-state index contributed by atoms with van der Waals surface area (Å²) in [5.74, 6) is -0.0592. The van der Waals surface area contributed by atoms with Gasteiger partial charge in [0.05, 0.1) is 18.8 Å². The van der Waals surface area contributed by atoms with Gasteiger partial charge in [0, 0.05) is 5.38 Å². The van der Waals surface area contributed by atoms with Crippen LogP contribution in [0.5, 0.6) is 0 Å². The monoisotopic (exact) mass is 358 g/mol. The first-order chi connectivity index (χ1) is 10.5. The molecule has 126 valence electrons. The molecule has 0 aliphatic heterocycles. The van der Waals surface area contributed by atoms with E-state index in [-0.39, 0.29) is 36.7 Å². The molecule has 2 aromatic rings. The van der Waals surface area contributed by atoms with Crippen molar-refractivity contribution in [2.24, 2.45) is 11.7 Å². The predicted molar refractivity (Wildman–Crippen MR) is 91.5 cm³/mol. The summed E-state index contributed by atoms with van der Waals surface area (Å²) in [7, 11) is 0. The lowest BCUT2D eigenvalue weighted by Gasteiger charge is -2.14. The standard InChI is InChI=1S/C14H18N4O3S.ClH/c1-8(2)12(15)13(20)16-6-11(19)18-14-17-9(7-22-14)10-4-3-5-21-10;/h3-5,7-8,12H,6,15H2,1-2H3,(H,16,20)(H,17,18,19);1H/t12-;/m0./s1. The molecule has 4 N–H and O–H groups in total. The molecule has 0 fully saturated rings. The van der Waals surface area contributed by atoms with Gasteiger partial charge < -0.3 is 20.8 Å². The van der Waals surface area contributed by atoms with Crippen LogP contribution in [0.15, 0.2) is 28.2 Å². The van der Waals surface area contributed by atoms with Crippen LogP contribution in [0.2, 0.25) is 0 Å². The third kappa shape index (κ3) is 5.34. The minimum Gasteiger partial charge on any atom is -0.463 e. The van der Waals surface area contributed by atoms with Crippen LogP contribution < -0.4 is 16.4 Å². The molecular formula is C14H19ClN4O3S. The van der Waals surface area contributed by atoms with Crippen molar-refractivity contribution in [1.29, 1.82) is 0 Å². The van der Waals surface area contributed by atoms with Gasteiger partial charge in [0.15, 0.2) is 10.9 Å². The Kier molecular flexibility index (Phi) is 7.21. The van der Waals surface area contributed by atoms with Gasteiger partial charge in [-0.25, -0.2) is 4.98 Å². The highest BCUT2D eigenvalue weighted by molar-refractivity contribution is 7.14. The number of hydrogen-bond acceptors (Lipinski definition) is 6. The fourth-order valence-electron chi connectivity index (χ4n) is 1.62. The first kappa shape index (κ1) is 19.1. The maximum atomic E-state index is 11.8. The van der Waals surface area contributed by atoms with Gasteiger partial charge in [-0.3, -0.25) is 9.59 Å². The molecule has 23 heavy (non-hydrogen) atoms. The molecule has 2 heterocycles. The van der Waals surface area contributed by atoms with E-state index in [1.807, 2.05) is 13.8 Å². The summed E-state index contributed by atoms with van der Waals surface area (Å²) in [6.45, 7) is 3.54. The van der Waals surface area contributed by atoms with E-state index < -0.39 is 6.04 Å². The van der Waals surface area contributed by atoms with E-state index in [1.165, 1.54) is 11.3 Å². The SMILES string of the molecule is CC(C)[C@H](N)C(=O)NCC(=O)Nc1nc(-c2ccco2)cs1.Cl. The quantitative estimate of drug-likeness (QED) is 0.730. The second-order valence-electron chi connectivity index (χ2n) is 5.05. The summed E-state index contributed by atoms with van der Waals surface area (Å²) in [6, 6.07) is 2.92. The third-order valence-electron chi connectivity index (χ3n) is 2.97. The van der Waals surface area contributed by atoms with E-state index in [1.54, 1.807) is 23.8 Å². The Morgan fingerprint density at radius 2 is 2.17 bits per heavy atom. The van der Waals surface area contributed by atoms with Crippen molar-refractivity contribution in [3.63, 3.8) is 0 Å². The molecule has 0 radical (unpaired) electrons. The molecule has 0 unspecified atom stereocenters. The van der Waals surface area contributed by atoms with Crippen molar-refractivity contribution in [2.75, 3.05) is 11.9 Å². The summed E-state index contributed by atoms with van der Waals surface area (Å²) in [5.41, 5.74) is 6.34. The lowest BCUT2D eigenvalue weighted by Crippen LogP contribution is -2.46. The molecule has 9 heteroatoms. The zero-order valence-corrected chi connectivity index (χ0v) is 14.4. The fraction of sp³-hybridized carbons (Fsp3) is 0.357. The van der Waals surface area contributed by atoms with Gasteiger partial charge in [0.2, 0.25) is 11.8 Å². The molecular weight excluding hydrogens is 340 g/mol. The highest BCUT2D eigenvalue weighted by Crippen LogP contribution is 2.24. The lowest BCUT2D eigenvalue weighted by atomic mass is 10.1. The van der Waals surface area contributed by atoms with Crippen molar-refractivity contribution in [3.8, 4) is 11.5 Å². The van der Waals surface area contributed by atoms with E-state index in [9.17, 15) is 9.59 Å². The van der Waals surface area contributed by atoms with Gasteiger partial charge in [0.1, 0.15) is 5.69 Å². The first-order valence-electron chi connectivity index (χ1n) is 6.80. The van der Waals surface area contributed by atoms with Crippen molar-refractivity contribution >= 4 is 40.7 Å². The van der Waals surface area contributed by atoms with E-state index in [2.05, 4.69) is 15.6 Å². The molecule has 0 saturated carbocycles. The molecule has 2 rings (SSSR count). The molecule has 1 atom stereocenters. The first-order valence-corrected chi connectivity index (χ1v) is 7.68. The number of halogens is 1. The summed E-state index contributed by atoms with van der Waals surface area (Å²) in [6.07, 6.45) is 1.56. The molecule has 0 spiro atoms. The molecule has 7 nitrogen and oxygen atoms in total. The van der Waals surface area contributed by atoms with Gasteiger partial charge in [-0.1, -0.05) is 13.8 Å². The number of anilines is 1. The molecule has 0 aromatic carbocycles. The Balaban J connectivity index is 0.00000264. The number of aromatic nitrogens is 1. The maximum absolute atomic E-state index is 11.8. The molecule has 0 aliphatic rings. The van der Waals surface area contributed by atoms with Crippen LogP contribution >= 0.6 is 23.7 Å². The average molecular weight is 359 g/mol. The number of carbonyl (C=O) groups is 2. The number of thiazole rings is 1. The highest BCUT2D eigenvalue weighted by atomic mass is 35.5. The smallest absolute Gasteiger partial charge is 0.245 e. The third-order valence-corrected chi connectivity index (χ3v) is 3.73. The zero-order chi connectivity index (χ0) is 16.1. The number of nitrogens with zero attached hydrogens (tertiary/aromatic N) is 1. The number of rotatable bonds is 6. The van der Waals surface area contributed by atoms with Crippen LogP contribution in [0.4, 0.5) is 5.13 Å². The Hall–Kier alpha value is -1.90. The van der Waals surface area contributed by atoms with Gasteiger partial charge in [0.25, 0.3) is 0 Å². The molecule has 0 saturated heterocycles. The summed E-state index contributed by atoms with van der Waals surface area (Å²) < 4.78 is 5.23. The normalized spacial score (nSPS) is 11.7. The minimum atomic E-state index is -0.627. The lowest BCUT2D eigenvalue weighted by molar-refractivity contribution is -0.125. The van der Waals surface area contributed by atoms with E-state index >= 15 is 0 Å². The maximum Gasteiger partial charge on any atom is 0.245 e. The van der Waals surface area contributed by atoms with Crippen molar-refractivity contribution in [2.45, 2.75) is 19.9 Å². The molecule has 2 aromatic heterocycles. The van der Waals surface area contributed by atoms with E-state index in [0.29, 0.717) is 16.6 Å². The Morgan fingerprint density at radius 1 is 1.43 bits per heavy atom. The van der Waals surface area contributed by atoms with Crippen LogP contribution in [0.3, 0.4) is 0 Å². The molecule has 2 amide bonds. The van der Waals surface area contributed by atoms with Crippen LogP contribution in [-0.4, -0.2) is 29.4 Å². The number of furan rings is 1. The Morgan fingerprint density at radius 3 is 2.78 bits per heavy atom. The molecule has 0 bridgehead atoms. The van der Waals surface area contributed by atoms with Crippen LogP contribution in [0, 0.1) is 5.92 Å². The van der Waals surface area contributed by atoms with Gasteiger partial charge in [-0.05, 0) is 18.1 Å². The largest absolute Gasteiger partial charge is 0.463 e. The topological polar surface area (TPSA) is 110 Å². The fourth-order valence-corrected chi connectivity index (χ4v) is 2.34. The summed E-state index contributed by atoms with van der Waals surface area (Å²) in [4.78, 5) is 27.7. The van der Waals surface area contributed by atoms with Crippen LogP contribution in [0.1, 0.15) is 13.8 Å². The number of hydrogen-bond donors (Lipinski definition) is 3. The van der Waals surface area contributed by atoms with Gasteiger partial charge >= 0.3 is 0 Å². The Labute approximate surface area is 144 Å². The van der Waals surface area contributed by atoms with Crippen LogP contribution in [-0.2, 0) is 9.59 Å². The van der Waals surface area contributed by atoms with Crippen LogP contribution in [0.25, 0.3) is 11.5 Å². The number of nitrogens with one attached hydrogen (secondary N) is 2. The van der Waals surface area contributed by atoms with Crippen molar-refractivity contribution in [1.82, 2.24) is 10.3 Å². The van der Waals surface area contributed by atoms with Gasteiger partial charge in [-0.15, -0.1) is 23.7 Å². The molecule has 0 aliphatic carbocycles. The summed E-state index contributed by atoms with van der Waals surface area (Å²) in [5, 5.41) is 7.34. The van der Waals surface area contributed by atoms with Crippen molar-refractivity contribution in [3.05, 3.63) is 23.8 Å². The van der Waals surface area contributed by atoms with E-state index in [0.717, 1.165) is 0 Å². The number of amides is 2. The Bertz CT molecular complexity index is 642. The van der Waals surface area contributed by atoms with Gasteiger partial charge in [-0.2, -0.15) is 0 Å². The minimum absolute atomic E-state index is 0. The summed E-state index contributed by atoms with van der Waals surface area (Å²) >= 11 is 1.28. The number of nitrogens with two attached hydrogens (primary N) is 1. The number of carbonyl (C=O) groups excluding carboxylic acids is 2. The average Bonchev–Trinajstić information content (AvgIpc) is 3.14. The highest BCUT2D eigenvalue weighted by Gasteiger charge is 2.18.